The van der Waals surface area contributed by atoms with Crippen LogP contribution in [0.3, 0.4) is 0 Å². The summed E-state index contributed by atoms with van der Waals surface area (Å²) in [5.41, 5.74) is -0.545. The number of rotatable bonds is 3. The van der Waals surface area contributed by atoms with Crippen molar-refractivity contribution in [2.24, 2.45) is 5.92 Å². The number of piperazine rings is 1. The van der Waals surface area contributed by atoms with Crippen LogP contribution in [0.4, 0.5) is 0 Å². The van der Waals surface area contributed by atoms with E-state index in [0.29, 0.717) is 12.5 Å². The zero-order valence-electron chi connectivity index (χ0n) is 12.4. The van der Waals surface area contributed by atoms with Gasteiger partial charge in [0.25, 0.3) is 0 Å². The molecule has 2 aliphatic rings. The second-order valence-corrected chi connectivity index (χ2v) is 6.46. The van der Waals surface area contributed by atoms with Crippen molar-refractivity contribution < 1.29 is 9.59 Å². The monoisotopic (exact) mass is 266 g/mol. The van der Waals surface area contributed by atoms with Gasteiger partial charge in [0, 0.05) is 6.54 Å². The highest BCUT2D eigenvalue weighted by Gasteiger charge is 2.51. The van der Waals surface area contributed by atoms with Gasteiger partial charge in [0.2, 0.25) is 11.8 Å². The first-order valence-electron chi connectivity index (χ1n) is 7.60. The van der Waals surface area contributed by atoms with E-state index in [1.165, 1.54) is 6.42 Å². The summed E-state index contributed by atoms with van der Waals surface area (Å²) in [5.74, 6) is 0.721. The molecule has 0 aromatic carbocycles. The average molecular weight is 266 g/mol. The number of carbonyl (C=O) groups is 2. The second kappa shape index (κ2) is 5.51. The van der Waals surface area contributed by atoms with Crippen molar-refractivity contribution in [1.82, 2.24) is 10.2 Å². The molecule has 1 atom stereocenters. The molecule has 4 heteroatoms. The summed E-state index contributed by atoms with van der Waals surface area (Å²) in [5, 5.41) is 2.88. The molecule has 108 valence electrons. The molecule has 0 aromatic heterocycles. The predicted molar refractivity (Wildman–Crippen MR) is 74.6 cm³/mol. The van der Waals surface area contributed by atoms with Crippen LogP contribution in [-0.4, -0.2) is 34.8 Å². The summed E-state index contributed by atoms with van der Waals surface area (Å²) in [6.07, 6.45) is 5.90. The van der Waals surface area contributed by atoms with Crippen molar-refractivity contribution in [2.75, 3.05) is 6.54 Å². The molecule has 1 aliphatic carbocycles. The van der Waals surface area contributed by atoms with Gasteiger partial charge >= 0.3 is 0 Å². The Morgan fingerprint density at radius 3 is 2.47 bits per heavy atom. The third-order valence-corrected chi connectivity index (χ3v) is 4.53. The number of nitrogens with zero attached hydrogens (tertiary/aromatic N) is 1. The Bertz CT molecular complexity index is 359. The van der Waals surface area contributed by atoms with Gasteiger partial charge in [0.15, 0.2) is 0 Å². The Hall–Kier alpha value is -1.06. The topological polar surface area (TPSA) is 49.4 Å². The van der Waals surface area contributed by atoms with Gasteiger partial charge in [0.05, 0.1) is 0 Å². The maximum Gasteiger partial charge on any atom is 0.246 e. The summed E-state index contributed by atoms with van der Waals surface area (Å²) >= 11 is 0. The van der Waals surface area contributed by atoms with E-state index in [-0.39, 0.29) is 17.9 Å². The van der Waals surface area contributed by atoms with Crippen molar-refractivity contribution >= 4 is 11.8 Å². The van der Waals surface area contributed by atoms with Crippen LogP contribution in [-0.2, 0) is 9.59 Å². The molecule has 1 unspecified atom stereocenters. The van der Waals surface area contributed by atoms with Gasteiger partial charge in [-0.2, -0.15) is 0 Å². The highest BCUT2D eigenvalue weighted by Crippen LogP contribution is 2.36. The lowest BCUT2D eigenvalue weighted by Crippen LogP contribution is -2.70. The van der Waals surface area contributed by atoms with E-state index >= 15 is 0 Å². The van der Waals surface area contributed by atoms with E-state index in [4.69, 9.17) is 0 Å². The Morgan fingerprint density at radius 2 is 1.89 bits per heavy atom. The molecule has 4 nitrogen and oxygen atoms in total. The molecule has 1 heterocycles. The molecule has 1 N–H and O–H groups in total. The Morgan fingerprint density at radius 1 is 1.26 bits per heavy atom. The Labute approximate surface area is 115 Å². The van der Waals surface area contributed by atoms with E-state index < -0.39 is 5.54 Å². The summed E-state index contributed by atoms with van der Waals surface area (Å²) in [4.78, 5) is 26.8. The minimum absolute atomic E-state index is 0.0723. The van der Waals surface area contributed by atoms with E-state index in [2.05, 4.69) is 19.2 Å². The van der Waals surface area contributed by atoms with Gasteiger partial charge < -0.3 is 10.2 Å². The maximum absolute atomic E-state index is 12.5. The van der Waals surface area contributed by atoms with Crippen LogP contribution in [0.5, 0.6) is 0 Å². The summed E-state index contributed by atoms with van der Waals surface area (Å²) in [6.45, 7) is 6.82. The van der Waals surface area contributed by atoms with Gasteiger partial charge in [-0.25, -0.2) is 0 Å². The van der Waals surface area contributed by atoms with Crippen molar-refractivity contribution in [1.29, 1.82) is 0 Å². The lowest BCUT2D eigenvalue weighted by atomic mass is 9.77. The fraction of sp³-hybridized carbons (Fsp3) is 0.867. The minimum atomic E-state index is -0.545. The van der Waals surface area contributed by atoms with Gasteiger partial charge in [-0.15, -0.1) is 0 Å². The molecule has 19 heavy (non-hydrogen) atoms. The SMILES string of the molecule is CC(C)CCN1C(=O)C(C)NC(=O)C12CCCCC2. The predicted octanol–water partition coefficient (Wildman–Crippen LogP) is 2.08. The fourth-order valence-corrected chi connectivity index (χ4v) is 3.31. The molecule has 1 saturated heterocycles. The van der Waals surface area contributed by atoms with E-state index in [1.807, 2.05) is 4.90 Å². The van der Waals surface area contributed by atoms with Crippen LogP contribution in [0, 0.1) is 5.92 Å². The van der Waals surface area contributed by atoms with E-state index in [9.17, 15) is 9.59 Å². The van der Waals surface area contributed by atoms with Crippen LogP contribution in [0.1, 0.15) is 59.3 Å². The van der Waals surface area contributed by atoms with Crippen LogP contribution in [0.15, 0.2) is 0 Å². The maximum atomic E-state index is 12.5. The number of hydrogen-bond acceptors (Lipinski definition) is 2. The lowest BCUT2D eigenvalue weighted by molar-refractivity contribution is -0.159. The van der Waals surface area contributed by atoms with Crippen molar-refractivity contribution in [2.45, 2.75) is 70.9 Å². The van der Waals surface area contributed by atoms with E-state index in [1.54, 1.807) is 6.92 Å². The third-order valence-electron chi connectivity index (χ3n) is 4.53. The molecular weight excluding hydrogens is 240 g/mol. The number of nitrogens with one attached hydrogen (secondary N) is 1. The highest BCUT2D eigenvalue weighted by molar-refractivity contribution is 5.99. The molecule has 1 spiro atoms. The quantitative estimate of drug-likeness (QED) is 0.850. The lowest BCUT2D eigenvalue weighted by Gasteiger charge is -2.49. The molecule has 2 fully saturated rings. The zero-order valence-corrected chi connectivity index (χ0v) is 12.4. The Balaban J connectivity index is 2.23. The molecule has 0 radical (unpaired) electrons. The molecule has 1 saturated carbocycles. The first-order chi connectivity index (χ1) is 8.97. The van der Waals surface area contributed by atoms with Crippen molar-refractivity contribution in [3.63, 3.8) is 0 Å². The average Bonchev–Trinajstić information content (AvgIpc) is 2.37. The first kappa shape index (κ1) is 14.4. The third kappa shape index (κ3) is 2.63. The fourth-order valence-electron chi connectivity index (χ4n) is 3.31. The van der Waals surface area contributed by atoms with Crippen LogP contribution >= 0.6 is 0 Å². The summed E-state index contributed by atoms with van der Waals surface area (Å²) < 4.78 is 0. The highest BCUT2D eigenvalue weighted by atomic mass is 16.2. The first-order valence-corrected chi connectivity index (χ1v) is 7.60. The minimum Gasteiger partial charge on any atom is -0.343 e. The van der Waals surface area contributed by atoms with Crippen molar-refractivity contribution in [3.8, 4) is 0 Å². The van der Waals surface area contributed by atoms with Gasteiger partial charge in [-0.1, -0.05) is 33.1 Å². The molecular formula is C15H26N2O2. The Kier molecular flexibility index (Phi) is 4.16. The van der Waals surface area contributed by atoms with Crippen LogP contribution in [0.25, 0.3) is 0 Å². The summed E-state index contributed by atoms with van der Waals surface area (Å²) in [6, 6.07) is -0.368. The van der Waals surface area contributed by atoms with Crippen LogP contribution < -0.4 is 5.32 Å². The largest absolute Gasteiger partial charge is 0.343 e. The summed E-state index contributed by atoms with van der Waals surface area (Å²) in [7, 11) is 0. The number of hydrogen-bond donors (Lipinski definition) is 1. The standard InChI is InChI=1S/C15H26N2O2/c1-11(2)7-10-17-13(18)12(3)16-14(19)15(17)8-5-4-6-9-15/h11-12H,4-10H2,1-3H3,(H,16,19). The zero-order chi connectivity index (χ0) is 14.0. The smallest absolute Gasteiger partial charge is 0.246 e. The van der Waals surface area contributed by atoms with Gasteiger partial charge in [-0.3, -0.25) is 9.59 Å². The molecule has 2 amide bonds. The molecule has 0 aromatic rings. The van der Waals surface area contributed by atoms with Gasteiger partial charge in [0.1, 0.15) is 11.6 Å². The van der Waals surface area contributed by atoms with Gasteiger partial charge in [-0.05, 0) is 32.1 Å². The normalized spacial score (nSPS) is 26.9. The second-order valence-electron chi connectivity index (χ2n) is 6.46. The van der Waals surface area contributed by atoms with Crippen LogP contribution in [0.2, 0.25) is 0 Å². The molecule has 0 bridgehead atoms. The number of carbonyl (C=O) groups excluding carboxylic acids is 2. The van der Waals surface area contributed by atoms with E-state index in [0.717, 1.165) is 32.1 Å². The molecule has 1 aliphatic heterocycles. The van der Waals surface area contributed by atoms with Crippen molar-refractivity contribution in [3.05, 3.63) is 0 Å². The molecule has 2 rings (SSSR count). The number of amides is 2.